The molecule has 3 N–H and O–H groups in total. The molecule has 4 atom stereocenters. The summed E-state index contributed by atoms with van der Waals surface area (Å²) in [5, 5.41) is 20.6. The zero-order valence-corrected chi connectivity index (χ0v) is 12.8. The monoisotopic (exact) mass is 324 g/mol. The number of hydrogen-bond donors (Lipinski definition) is 3. The van der Waals surface area contributed by atoms with E-state index in [1.54, 1.807) is 6.92 Å². The normalized spacial score (nSPS) is 37.8. The SMILES string of the molecule is Cc1cn(C2O[C@]3(CO)C(O)C2OC32CCCC2)c(=O)[nH]c1=O. The summed E-state index contributed by atoms with van der Waals surface area (Å²) in [6.07, 6.45) is 2.10. The lowest BCUT2D eigenvalue weighted by Gasteiger charge is -2.44. The molecule has 2 saturated heterocycles. The van der Waals surface area contributed by atoms with Crippen LogP contribution in [0.5, 0.6) is 0 Å². The molecule has 0 aromatic carbocycles. The molecule has 1 saturated carbocycles. The van der Waals surface area contributed by atoms with Gasteiger partial charge in [0.25, 0.3) is 5.56 Å². The lowest BCUT2D eigenvalue weighted by atomic mass is 9.80. The quantitative estimate of drug-likeness (QED) is 0.655. The van der Waals surface area contributed by atoms with Crippen molar-refractivity contribution in [1.82, 2.24) is 9.55 Å². The number of aromatic nitrogens is 2. The van der Waals surface area contributed by atoms with Crippen molar-refractivity contribution in [3.63, 3.8) is 0 Å². The van der Waals surface area contributed by atoms with E-state index in [4.69, 9.17) is 9.47 Å². The summed E-state index contributed by atoms with van der Waals surface area (Å²) in [6, 6.07) is 0. The largest absolute Gasteiger partial charge is 0.393 e. The standard InChI is InChI=1S/C15H20N2O6/c1-8-6-17(13(21)16-11(8)20)12-9-10(19)15(7-18,23-12)14(22-9)4-2-3-5-14/h6,9-10,12,18-19H,2-5,7H2,1H3,(H,16,20,21)/t9?,10?,12?,15-/m1/s1. The van der Waals surface area contributed by atoms with Crippen LogP contribution >= 0.6 is 0 Å². The Morgan fingerprint density at radius 1 is 1.35 bits per heavy atom. The van der Waals surface area contributed by atoms with E-state index in [2.05, 4.69) is 4.98 Å². The predicted molar refractivity (Wildman–Crippen MR) is 78.1 cm³/mol. The fourth-order valence-electron chi connectivity index (χ4n) is 4.39. The summed E-state index contributed by atoms with van der Waals surface area (Å²) >= 11 is 0. The van der Waals surface area contributed by atoms with Crippen molar-refractivity contribution in [3.05, 3.63) is 32.6 Å². The van der Waals surface area contributed by atoms with Crippen molar-refractivity contribution in [1.29, 1.82) is 0 Å². The molecule has 3 fully saturated rings. The summed E-state index contributed by atoms with van der Waals surface area (Å²) in [7, 11) is 0. The fourth-order valence-corrected chi connectivity index (χ4v) is 4.39. The van der Waals surface area contributed by atoms with Gasteiger partial charge < -0.3 is 19.7 Å². The van der Waals surface area contributed by atoms with Crippen molar-refractivity contribution < 1.29 is 19.7 Å². The molecule has 0 amide bonds. The van der Waals surface area contributed by atoms with Crippen LogP contribution in [0.2, 0.25) is 0 Å². The minimum absolute atomic E-state index is 0.360. The lowest BCUT2D eigenvalue weighted by Crippen LogP contribution is -2.59. The molecule has 23 heavy (non-hydrogen) atoms. The number of ether oxygens (including phenoxy) is 2. The Morgan fingerprint density at radius 2 is 2.04 bits per heavy atom. The van der Waals surface area contributed by atoms with Crippen LogP contribution in [0.3, 0.4) is 0 Å². The van der Waals surface area contributed by atoms with E-state index < -0.39 is 40.9 Å². The van der Waals surface area contributed by atoms with E-state index in [1.807, 2.05) is 0 Å². The molecule has 8 nitrogen and oxygen atoms in total. The van der Waals surface area contributed by atoms with Gasteiger partial charge in [-0.25, -0.2) is 4.79 Å². The number of H-pyrrole nitrogens is 1. The first kappa shape index (κ1) is 15.1. The summed E-state index contributed by atoms with van der Waals surface area (Å²) in [5.74, 6) is 0. The van der Waals surface area contributed by atoms with Gasteiger partial charge in [-0.1, -0.05) is 12.8 Å². The Balaban J connectivity index is 1.78. The van der Waals surface area contributed by atoms with Gasteiger partial charge >= 0.3 is 5.69 Å². The first-order chi connectivity index (χ1) is 10.9. The molecule has 3 heterocycles. The molecule has 1 spiro atoms. The number of fused-ring (bicyclic) bond motifs is 3. The van der Waals surface area contributed by atoms with Crippen molar-refractivity contribution in [2.75, 3.05) is 6.61 Å². The third-order valence-electron chi connectivity index (χ3n) is 5.60. The topological polar surface area (TPSA) is 114 Å². The van der Waals surface area contributed by atoms with Crippen molar-refractivity contribution in [2.45, 2.75) is 62.2 Å². The van der Waals surface area contributed by atoms with Crippen LogP contribution in [-0.2, 0) is 9.47 Å². The van der Waals surface area contributed by atoms with Crippen LogP contribution in [0.1, 0.15) is 37.5 Å². The summed E-state index contributed by atoms with van der Waals surface area (Å²) in [4.78, 5) is 25.8. The van der Waals surface area contributed by atoms with Crippen molar-refractivity contribution in [3.8, 4) is 0 Å². The average molecular weight is 324 g/mol. The molecule has 1 aliphatic carbocycles. The maximum Gasteiger partial charge on any atom is 0.330 e. The number of aliphatic hydroxyl groups is 2. The Labute approximate surface area is 131 Å². The number of nitrogens with zero attached hydrogens (tertiary/aromatic N) is 1. The molecular weight excluding hydrogens is 304 g/mol. The summed E-state index contributed by atoms with van der Waals surface area (Å²) in [5.41, 5.74) is -2.63. The van der Waals surface area contributed by atoms with Crippen molar-refractivity contribution >= 4 is 0 Å². The summed E-state index contributed by atoms with van der Waals surface area (Å²) in [6.45, 7) is 1.21. The number of aromatic amines is 1. The number of rotatable bonds is 2. The molecule has 4 rings (SSSR count). The zero-order chi connectivity index (χ0) is 16.4. The Morgan fingerprint density at radius 3 is 2.70 bits per heavy atom. The van der Waals surface area contributed by atoms with Crippen LogP contribution in [0, 0.1) is 6.92 Å². The Hall–Kier alpha value is -1.48. The highest BCUT2D eigenvalue weighted by molar-refractivity contribution is 5.21. The van der Waals surface area contributed by atoms with Crippen LogP contribution < -0.4 is 11.2 Å². The van der Waals surface area contributed by atoms with E-state index >= 15 is 0 Å². The second-order valence-corrected chi connectivity index (χ2v) is 6.76. The van der Waals surface area contributed by atoms with Crippen LogP contribution in [0.4, 0.5) is 0 Å². The third-order valence-corrected chi connectivity index (χ3v) is 5.60. The molecule has 8 heteroatoms. The highest BCUT2D eigenvalue weighted by Crippen LogP contribution is 2.59. The number of hydrogen-bond acceptors (Lipinski definition) is 6. The molecular formula is C15H20N2O6. The van der Waals surface area contributed by atoms with E-state index in [0.717, 1.165) is 12.8 Å². The van der Waals surface area contributed by atoms with Gasteiger partial charge in [-0.15, -0.1) is 0 Å². The number of aryl methyl sites for hydroxylation is 1. The van der Waals surface area contributed by atoms with Gasteiger partial charge in [-0.3, -0.25) is 14.3 Å². The second kappa shape index (κ2) is 4.76. The number of nitrogens with one attached hydrogen (secondary N) is 1. The first-order valence-electron chi connectivity index (χ1n) is 7.91. The first-order valence-corrected chi connectivity index (χ1v) is 7.91. The van der Waals surface area contributed by atoms with Crippen LogP contribution in [0.25, 0.3) is 0 Å². The van der Waals surface area contributed by atoms with Gasteiger partial charge in [0.05, 0.1) is 6.61 Å². The van der Waals surface area contributed by atoms with Gasteiger partial charge in [0.2, 0.25) is 0 Å². The minimum Gasteiger partial charge on any atom is -0.393 e. The average Bonchev–Trinajstić information content (AvgIpc) is 3.16. The smallest absolute Gasteiger partial charge is 0.330 e. The van der Waals surface area contributed by atoms with E-state index in [-0.39, 0.29) is 6.61 Å². The highest BCUT2D eigenvalue weighted by Gasteiger charge is 2.74. The molecule has 0 radical (unpaired) electrons. The molecule has 1 aromatic heterocycles. The van der Waals surface area contributed by atoms with E-state index in [0.29, 0.717) is 18.4 Å². The van der Waals surface area contributed by atoms with Gasteiger partial charge in [0.15, 0.2) is 11.8 Å². The maximum absolute atomic E-state index is 12.1. The van der Waals surface area contributed by atoms with Crippen LogP contribution in [0.15, 0.2) is 15.8 Å². The third kappa shape index (κ3) is 1.74. The Kier molecular flexibility index (Phi) is 3.12. The minimum atomic E-state index is -1.22. The second-order valence-electron chi connectivity index (χ2n) is 6.76. The molecule has 3 unspecified atom stereocenters. The van der Waals surface area contributed by atoms with E-state index in [1.165, 1.54) is 10.8 Å². The van der Waals surface area contributed by atoms with Gasteiger partial charge in [0.1, 0.15) is 17.8 Å². The molecule has 1 aromatic rings. The Bertz CT molecular complexity index is 749. The summed E-state index contributed by atoms with van der Waals surface area (Å²) < 4.78 is 13.4. The number of aliphatic hydroxyl groups excluding tert-OH is 2. The zero-order valence-electron chi connectivity index (χ0n) is 12.8. The van der Waals surface area contributed by atoms with Crippen LogP contribution in [-0.4, -0.2) is 49.8 Å². The van der Waals surface area contributed by atoms with Crippen molar-refractivity contribution in [2.24, 2.45) is 0 Å². The molecule has 3 aliphatic rings. The maximum atomic E-state index is 12.1. The fraction of sp³-hybridized carbons (Fsp3) is 0.733. The van der Waals surface area contributed by atoms with E-state index in [9.17, 15) is 19.8 Å². The van der Waals surface area contributed by atoms with Gasteiger partial charge in [-0.05, 0) is 19.8 Å². The van der Waals surface area contributed by atoms with Gasteiger partial charge in [0, 0.05) is 11.8 Å². The molecule has 126 valence electrons. The highest BCUT2D eigenvalue weighted by atomic mass is 16.7. The van der Waals surface area contributed by atoms with Gasteiger partial charge in [-0.2, -0.15) is 0 Å². The predicted octanol–water partition coefficient (Wildman–Crippen LogP) is -0.823. The lowest BCUT2D eigenvalue weighted by molar-refractivity contribution is -0.268. The molecule has 2 aliphatic heterocycles. The molecule has 2 bridgehead atoms.